The van der Waals surface area contributed by atoms with Crippen LogP contribution in [0.3, 0.4) is 0 Å². The smallest absolute Gasteiger partial charge is 0.336 e. The Balaban J connectivity index is 2.31. The molecule has 0 amide bonds. The van der Waals surface area contributed by atoms with E-state index in [4.69, 9.17) is 5.11 Å². The van der Waals surface area contributed by atoms with Gasteiger partial charge in [-0.15, -0.1) is 11.3 Å². The molecule has 0 spiro atoms. The van der Waals surface area contributed by atoms with Crippen molar-refractivity contribution in [3.05, 3.63) is 46.8 Å². The number of benzene rings is 1. The maximum absolute atomic E-state index is 10.8. The van der Waals surface area contributed by atoms with Gasteiger partial charge >= 0.3 is 5.97 Å². The molecule has 3 heteroatoms. The van der Waals surface area contributed by atoms with Crippen LogP contribution in [0.2, 0.25) is 0 Å². The molecule has 0 aliphatic carbocycles. The minimum absolute atomic E-state index is 0.139. The maximum atomic E-state index is 10.8. The van der Waals surface area contributed by atoms with Gasteiger partial charge in [0, 0.05) is 10.3 Å². The molecule has 2 rings (SSSR count). The standard InChI is InChI=1S/C15H16O2S/c1-15(2,3)12-6-4-10(5-7-12)13-8-11(9-18-13)14(16)17/h4-9H,1-3H3,(H,16,17). The Morgan fingerprint density at radius 2 is 1.78 bits per heavy atom. The number of carboxylic acid groups (broad SMARTS) is 1. The Morgan fingerprint density at radius 1 is 1.17 bits per heavy atom. The molecule has 1 heterocycles. The van der Waals surface area contributed by atoms with Crippen molar-refractivity contribution in [1.29, 1.82) is 0 Å². The van der Waals surface area contributed by atoms with E-state index < -0.39 is 5.97 Å². The zero-order chi connectivity index (χ0) is 13.3. The van der Waals surface area contributed by atoms with Crippen LogP contribution in [-0.2, 0) is 5.41 Å². The van der Waals surface area contributed by atoms with Crippen molar-refractivity contribution in [2.75, 3.05) is 0 Å². The number of hydrogen-bond donors (Lipinski definition) is 1. The molecule has 2 aromatic rings. The lowest BCUT2D eigenvalue weighted by Crippen LogP contribution is -2.10. The first kappa shape index (κ1) is 12.8. The minimum Gasteiger partial charge on any atom is -0.478 e. The maximum Gasteiger partial charge on any atom is 0.336 e. The van der Waals surface area contributed by atoms with E-state index in [0.717, 1.165) is 10.4 Å². The summed E-state index contributed by atoms with van der Waals surface area (Å²) in [6, 6.07) is 10.0. The van der Waals surface area contributed by atoms with Crippen molar-refractivity contribution in [2.45, 2.75) is 26.2 Å². The van der Waals surface area contributed by atoms with Crippen LogP contribution in [0.5, 0.6) is 0 Å². The van der Waals surface area contributed by atoms with Gasteiger partial charge in [0.1, 0.15) is 0 Å². The average molecular weight is 260 g/mol. The second kappa shape index (κ2) is 4.58. The van der Waals surface area contributed by atoms with Gasteiger partial charge in [-0.2, -0.15) is 0 Å². The first-order valence-corrected chi connectivity index (χ1v) is 6.68. The van der Waals surface area contributed by atoms with Crippen LogP contribution in [0.15, 0.2) is 35.7 Å². The summed E-state index contributed by atoms with van der Waals surface area (Å²) in [7, 11) is 0. The van der Waals surface area contributed by atoms with E-state index in [1.807, 2.05) is 0 Å². The molecule has 0 fully saturated rings. The lowest BCUT2D eigenvalue weighted by atomic mass is 9.86. The molecule has 0 unspecified atom stereocenters. The van der Waals surface area contributed by atoms with E-state index >= 15 is 0 Å². The monoisotopic (exact) mass is 260 g/mol. The van der Waals surface area contributed by atoms with Gasteiger partial charge in [0.05, 0.1) is 5.56 Å². The van der Waals surface area contributed by atoms with Crippen molar-refractivity contribution in [2.24, 2.45) is 0 Å². The van der Waals surface area contributed by atoms with Crippen molar-refractivity contribution in [1.82, 2.24) is 0 Å². The lowest BCUT2D eigenvalue weighted by molar-refractivity contribution is 0.0697. The number of aromatic carboxylic acids is 1. The van der Waals surface area contributed by atoms with Gasteiger partial charge in [-0.1, -0.05) is 45.0 Å². The van der Waals surface area contributed by atoms with E-state index in [1.165, 1.54) is 16.9 Å². The van der Waals surface area contributed by atoms with E-state index in [9.17, 15) is 4.79 Å². The molecule has 0 saturated heterocycles. The molecule has 0 atom stereocenters. The molecule has 0 bridgehead atoms. The van der Waals surface area contributed by atoms with Crippen LogP contribution >= 0.6 is 11.3 Å². The van der Waals surface area contributed by atoms with Gasteiger partial charge in [0.2, 0.25) is 0 Å². The summed E-state index contributed by atoms with van der Waals surface area (Å²) in [4.78, 5) is 11.8. The van der Waals surface area contributed by atoms with Gasteiger partial charge in [0.25, 0.3) is 0 Å². The van der Waals surface area contributed by atoms with E-state index in [2.05, 4.69) is 45.0 Å². The molecule has 2 nitrogen and oxygen atoms in total. The fourth-order valence-corrected chi connectivity index (χ4v) is 2.62. The van der Waals surface area contributed by atoms with Crippen LogP contribution in [-0.4, -0.2) is 11.1 Å². The van der Waals surface area contributed by atoms with Crippen LogP contribution in [0.1, 0.15) is 36.7 Å². The highest BCUT2D eigenvalue weighted by Crippen LogP contribution is 2.30. The molecule has 94 valence electrons. The highest BCUT2D eigenvalue weighted by molar-refractivity contribution is 7.13. The molecule has 0 aliphatic heterocycles. The summed E-state index contributed by atoms with van der Waals surface area (Å²) in [5, 5.41) is 10.6. The molecule has 0 radical (unpaired) electrons. The van der Waals surface area contributed by atoms with E-state index in [1.54, 1.807) is 11.4 Å². The van der Waals surface area contributed by atoms with Crippen LogP contribution < -0.4 is 0 Å². The van der Waals surface area contributed by atoms with Crippen LogP contribution in [0.25, 0.3) is 10.4 Å². The summed E-state index contributed by atoms with van der Waals surface area (Å²) < 4.78 is 0. The van der Waals surface area contributed by atoms with Gasteiger partial charge in [-0.05, 0) is 22.6 Å². The Labute approximate surface area is 111 Å². The zero-order valence-corrected chi connectivity index (χ0v) is 11.5. The largest absolute Gasteiger partial charge is 0.478 e. The Kier molecular flexibility index (Phi) is 3.26. The van der Waals surface area contributed by atoms with Crippen molar-refractivity contribution >= 4 is 17.3 Å². The summed E-state index contributed by atoms with van der Waals surface area (Å²) >= 11 is 1.46. The second-order valence-electron chi connectivity index (χ2n) is 5.33. The van der Waals surface area contributed by atoms with Crippen LogP contribution in [0, 0.1) is 0 Å². The SMILES string of the molecule is CC(C)(C)c1ccc(-c2cc(C(=O)O)cs2)cc1. The quantitative estimate of drug-likeness (QED) is 0.868. The summed E-state index contributed by atoms with van der Waals surface area (Å²) in [5.74, 6) is -0.871. The molecule has 0 aliphatic rings. The minimum atomic E-state index is -0.871. The Bertz CT molecular complexity index is 559. The zero-order valence-electron chi connectivity index (χ0n) is 10.7. The molecule has 1 N–H and O–H groups in total. The van der Waals surface area contributed by atoms with Crippen LogP contribution in [0.4, 0.5) is 0 Å². The summed E-state index contributed by atoms with van der Waals surface area (Å²) in [6.07, 6.45) is 0. The van der Waals surface area contributed by atoms with Gasteiger partial charge in [0.15, 0.2) is 0 Å². The normalized spacial score (nSPS) is 11.5. The molecule has 0 saturated carbocycles. The van der Waals surface area contributed by atoms with Crippen molar-refractivity contribution < 1.29 is 9.90 Å². The number of carboxylic acids is 1. The van der Waals surface area contributed by atoms with E-state index in [0.29, 0.717) is 5.56 Å². The first-order chi connectivity index (χ1) is 8.38. The Morgan fingerprint density at radius 3 is 2.22 bits per heavy atom. The Hall–Kier alpha value is -1.61. The highest BCUT2D eigenvalue weighted by atomic mass is 32.1. The second-order valence-corrected chi connectivity index (χ2v) is 6.24. The van der Waals surface area contributed by atoms with Crippen molar-refractivity contribution in [3.63, 3.8) is 0 Å². The lowest BCUT2D eigenvalue weighted by Gasteiger charge is -2.18. The van der Waals surface area contributed by atoms with Crippen molar-refractivity contribution in [3.8, 4) is 10.4 Å². The van der Waals surface area contributed by atoms with Gasteiger partial charge < -0.3 is 5.11 Å². The third-order valence-corrected chi connectivity index (χ3v) is 3.86. The summed E-state index contributed by atoms with van der Waals surface area (Å²) in [5.41, 5.74) is 2.84. The van der Waals surface area contributed by atoms with Gasteiger partial charge in [-0.3, -0.25) is 0 Å². The number of thiophene rings is 1. The predicted octanol–water partition coefficient (Wildman–Crippen LogP) is 4.41. The number of carbonyl (C=O) groups is 1. The molecule has 18 heavy (non-hydrogen) atoms. The van der Waals surface area contributed by atoms with Gasteiger partial charge in [-0.25, -0.2) is 4.79 Å². The third-order valence-electron chi connectivity index (χ3n) is 2.88. The molecule has 1 aromatic heterocycles. The first-order valence-electron chi connectivity index (χ1n) is 5.80. The molecular weight excluding hydrogens is 244 g/mol. The third kappa shape index (κ3) is 2.62. The number of rotatable bonds is 2. The fourth-order valence-electron chi connectivity index (χ4n) is 1.73. The highest BCUT2D eigenvalue weighted by Gasteiger charge is 2.14. The topological polar surface area (TPSA) is 37.3 Å². The van der Waals surface area contributed by atoms with E-state index in [-0.39, 0.29) is 5.41 Å². The number of hydrogen-bond acceptors (Lipinski definition) is 2. The summed E-state index contributed by atoms with van der Waals surface area (Å²) in [6.45, 7) is 6.53. The predicted molar refractivity (Wildman–Crippen MR) is 75.4 cm³/mol. The molecular formula is C15H16O2S. The fraction of sp³-hybridized carbons (Fsp3) is 0.267. The molecule has 1 aromatic carbocycles. The average Bonchev–Trinajstić information content (AvgIpc) is 2.77.